The van der Waals surface area contributed by atoms with Crippen molar-refractivity contribution in [2.75, 3.05) is 0 Å². The maximum atomic E-state index is 12.1. The fourth-order valence-electron chi connectivity index (χ4n) is 2.17. The second-order valence-electron chi connectivity index (χ2n) is 4.38. The molecular formula is C11H15NO4S2. The molecule has 1 heterocycles. The van der Waals surface area contributed by atoms with E-state index in [2.05, 4.69) is 4.72 Å². The van der Waals surface area contributed by atoms with Crippen molar-refractivity contribution < 1.29 is 18.3 Å². The van der Waals surface area contributed by atoms with E-state index in [1.807, 2.05) is 0 Å². The first-order chi connectivity index (χ1) is 8.50. The first-order valence-corrected chi connectivity index (χ1v) is 8.20. The highest BCUT2D eigenvalue weighted by Gasteiger charge is 2.27. The number of hydrogen-bond acceptors (Lipinski definition) is 4. The van der Waals surface area contributed by atoms with E-state index in [0.29, 0.717) is 0 Å². The van der Waals surface area contributed by atoms with Crippen LogP contribution in [-0.4, -0.2) is 25.5 Å². The number of rotatable bonds is 4. The molecule has 7 heteroatoms. The molecule has 0 radical (unpaired) electrons. The third-order valence-corrected chi connectivity index (χ3v) is 5.63. The number of carbonyl (C=O) groups is 1. The lowest BCUT2D eigenvalue weighted by Gasteiger charge is -2.22. The SMILES string of the molecule is O=C(O)c1sccc1S(=O)(=O)NC1CCCCC1. The van der Waals surface area contributed by atoms with Crippen molar-refractivity contribution in [3.63, 3.8) is 0 Å². The molecule has 1 saturated carbocycles. The molecule has 1 aromatic heterocycles. The van der Waals surface area contributed by atoms with Crippen LogP contribution in [0.25, 0.3) is 0 Å². The van der Waals surface area contributed by atoms with E-state index in [4.69, 9.17) is 5.11 Å². The molecule has 18 heavy (non-hydrogen) atoms. The van der Waals surface area contributed by atoms with Crippen molar-refractivity contribution in [3.8, 4) is 0 Å². The van der Waals surface area contributed by atoms with Gasteiger partial charge in [-0.1, -0.05) is 19.3 Å². The Morgan fingerprint density at radius 3 is 2.61 bits per heavy atom. The Morgan fingerprint density at radius 1 is 1.33 bits per heavy atom. The van der Waals surface area contributed by atoms with E-state index in [1.54, 1.807) is 0 Å². The zero-order valence-corrected chi connectivity index (χ0v) is 11.4. The topological polar surface area (TPSA) is 83.5 Å². The summed E-state index contributed by atoms with van der Waals surface area (Å²) in [5, 5.41) is 10.4. The summed E-state index contributed by atoms with van der Waals surface area (Å²) in [6.45, 7) is 0. The Hall–Kier alpha value is -0.920. The molecule has 2 rings (SSSR count). The molecule has 0 aromatic carbocycles. The molecule has 0 amide bonds. The highest BCUT2D eigenvalue weighted by atomic mass is 32.2. The summed E-state index contributed by atoms with van der Waals surface area (Å²) in [6, 6.07) is 1.28. The van der Waals surface area contributed by atoms with Gasteiger partial charge in [-0.3, -0.25) is 0 Å². The molecule has 1 fully saturated rings. The van der Waals surface area contributed by atoms with Gasteiger partial charge in [0.2, 0.25) is 10.0 Å². The van der Waals surface area contributed by atoms with Gasteiger partial charge >= 0.3 is 5.97 Å². The third-order valence-electron chi connectivity index (χ3n) is 3.04. The van der Waals surface area contributed by atoms with E-state index >= 15 is 0 Å². The number of aromatic carboxylic acids is 1. The Labute approximate surface area is 110 Å². The van der Waals surface area contributed by atoms with Gasteiger partial charge in [-0.05, 0) is 24.3 Å². The van der Waals surface area contributed by atoms with Gasteiger partial charge in [0.15, 0.2) is 0 Å². The highest BCUT2D eigenvalue weighted by Crippen LogP contribution is 2.24. The van der Waals surface area contributed by atoms with Gasteiger partial charge in [-0.2, -0.15) is 0 Å². The summed E-state index contributed by atoms with van der Waals surface area (Å²) in [7, 11) is -3.71. The number of nitrogens with one attached hydrogen (secondary N) is 1. The van der Waals surface area contributed by atoms with Crippen molar-refractivity contribution in [3.05, 3.63) is 16.3 Å². The van der Waals surface area contributed by atoms with Gasteiger partial charge in [0.05, 0.1) is 0 Å². The fraction of sp³-hybridized carbons (Fsp3) is 0.545. The molecule has 1 aromatic rings. The van der Waals surface area contributed by atoms with Crippen LogP contribution in [0.2, 0.25) is 0 Å². The Kier molecular flexibility index (Phi) is 4.04. The van der Waals surface area contributed by atoms with Crippen molar-refractivity contribution >= 4 is 27.3 Å². The Morgan fingerprint density at radius 2 is 2.00 bits per heavy atom. The van der Waals surface area contributed by atoms with Gasteiger partial charge in [0.1, 0.15) is 9.77 Å². The maximum Gasteiger partial charge on any atom is 0.347 e. The summed E-state index contributed by atoms with van der Waals surface area (Å²) in [5.74, 6) is -1.20. The minimum atomic E-state index is -3.71. The molecule has 2 N–H and O–H groups in total. The Bertz CT molecular complexity index is 529. The van der Waals surface area contributed by atoms with E-state index in [0.717, 1.165) is 43.4 Å². The second kappa shape index (κ2) is 5.38. The van der Waals surface area contributed by atoms with Crippen LogP contribution in [0.4, 0.5) is 0 Å². The van der Waals surface area contributed by atoms with Gasteiger partial charge < -0.3 is 5.11 Å². The average Bonchev–Trinajstić information content (AvgIpc) is 2.79. The maximum absolute atomic E-state index is 12.1. The fourth-order valence-corrected chi connectivity index (χ4v) is 4.73. The number of carboxylic acid groups (broad SMARTS) is 1. The molecule has 1 aliphatic rings. The first kappa shape index (κ1) is 13.5. The van der Waals surface area contributed by atoms with Crippen LogP contribution in [0.15, 0.2) is 16.3 Å². The number of sulfonamides is 1. The molecule has 0 saturated heterocycles. The number of hydrogen-bond donors (Lipinski definition) is 2. The van der Waals surface area contributed by atoms with Gasteiger partial charge in [0.25, 0.3) is 0 Å². The summed E-state index contributed by atoms with van der Waals surface area (Å²) in [4.78, 5) is 10.7. The minimum absolute atomic E-state index is 0.0645. The zero-order chi connectivity index (χ0) is 13.2. The highest BCUT2D eigenvalue weighted by molar-refractivity contribution is 7.89. The predicted molar refractivity (Wildman–Crippen MR) is 68.5 cm³/mol. The summed E-state index contributed by atoms with van der Waals surface area (Å²) in [5.41, 5.74) is 0. The molecule has 0 atom stereocenters. The minimum Gasteiger partial charge on any atom is -0.477 e. The van der Waals surface area contributed by atoms with Gasteiger partial charge in [-0.25, -0.2) is 17.9 Å². The zero-order valence-electron chi connectivity index (χ0n) is 9.76. The first-order valence-electron chi connectivity index (χ1n) is 5.84. The standard InChI is InChI=1S/C11H15NO4S2/c13-11(14)10-9(6-7-17-10)18(15,16)12-8-4-2-1-3-5-8/h6-8,12H,1-5H2,(H,13,14). The molecule has 1 aliphatic carbocycles. The van der Waals surface area contributed by atoms with Crippen LogP contribution in [0, 0.1) is 0 Å². The third kappa shape index (κ3) is 2.90. The molecule has 5 nitrogen and oxygen atoms in total. The van der Waals surface area contributed by atoms with Gasteiger partial charge in [0, 0.05) is 6.04 Å². The van der Waals surface area contributed by atoms with Crippen molar-refractivity contribution in [2.45, 2.75) is 43.0 Å². The molecule has 100 valence electrons. The van der Waals surface area contributed by atoms with Crippen LogP contribution in [0.1, 0.15) is 41.8 Å². The number of thiophene rings is 1. The van der Waals surface area contributed by atoms with Crippen LogP contribution >= 0.6 is 11.3 Å². The van der Waals surface area contributed by atoms with Crippen molar-refractivity contribution in [2.24, 2.45) is 0 Å². The number of carboxylic acids is 1. The van der Waals surface area contributed by atoms with Crippen molar-refractivity contribution in [1.29, 1.82) is 0 Å². The molecule has 0 spiro atoms. The Balaban J connectivity index is 2.19. The second-order valence-corrected chi connectivity index (χ2v) is 6.97. The molecule has 0 aliphatic heterocycles. The van der Waals surface area contributed by atoms with E-state index in [-0.39, 0.29) is 15.8 Å². The normalized spacial score (nSPS) is 17.8. The van der Waals surface area contributed by atoms with Gasteiger partial charge in [-0.15, -0.1) is 11.3 Å². The molecular weight excluding hydrogens is 274 g/mol. The van der Waals surface area contributed by atoms with E-state index < -0.39 is 16.0 Å². The lowest BCUT2D eigenvalue weighted by atomic mass is 9.96. The van der Waals surface area contributed by atoms with Crippen LogP contribution < -0.4 is 4.72 Å². The monoisotopic (exact) mass is 289 g/mol. The summed E-state index contributed by atoms with van der Waals surface area (Å²) < 4.78 is 26.8. The van der Waals surface area contributed by atoms with Crippen molar-refractivity contribution in [1.82, 2.24) is 4.72 Å². The van der Waals surface area contributed by atoms with E-state index in [9.17, 15) is 13.2 Å². The molecule has 0 bridgehead atoms. The average molecular weight is 289 g/mol. The van der Waals surface area contributed by atoms with E-state index in [1.165, 1.54) is 11.4 Å². The van der Waals surface area contributed by atoms with Crippen LogP contribution in [0.3, 0.4) is 0 Å². The summed E-state index contributed by atoms with van der Waals surface area (Å²) in [6.07, 6.45) is 4.82. The summed E-state index contributed by atoms with van der Waals surface area (Å²) >= 11 is 0.928. The lowest BCUT2D eigenvalue weighted by Crippen LogP contribution is -2.36. The predicted octanol–water partition coefficient (Wildman–Crippen LogP) is 2.06. The lowest BCUT2D eigenvalue weighted by molar-refractivity contribution is 0.0698. The smallest absolute Gasteiger partial charge is 0.347 e. The van der Waals surface area contributed by atoms with Crippen LogP contribution in [0.5, 0.6) is 0 Å². The quantitative estimate of drug-likeness (QED) is 0.888. The van der Waals surface area contributed by atoms with Crippen LogP contribution in [-0.2, 0) is 10.0 Å². The molecule has 0 unspecified atom stereocenters. The largest absolute Gasteiger partial charge is 0.477 e.